The Morgan fingerprint density at radius 1 is 0.778 bits per heavy atom. The summed E-state index contributed by atoms with van der Waals surface area (Å²) < 4.78 is 0. The molecule has 0 saturated heterocycles. The van der Waals surface area contributed by atoms with Gasteiger partial charge in [-0.05, 0) is 48.9 Å². The minimum Gasteiger partial charge on any atom is -0.348 e. The second-order valence-electron chi connectivity index (χ2n) is 6.25. The zero-order chi connectivity index (χ0) is 19.1. The predicted molar refractivity (Wildman–Crippen MR) is 104 cm³/mol. The molecule has 5 nitrogen and oxygen atoms in total. The van der Waals surface area contributed by atoms with Gasteiger partial charge in [0.1, 0.15) is 0 Å². The largest absolute Gasteiger partial charge is 0.348 e. The molecular weight excluding hydrogens is 338 g/mol. The van der Waals surface area contributed by atoms with Gasteiger partial charge in [0.05, 0.1) is 12.2 Å². The Morgan fingerprint density at radius 3 is 1.93 bits per heavy atom. The number of aryl methyl sites for hydroxylation is 1. The van der Waals surface area contributed by atoms with Crippen molar-refractivity contribution < 1.29 is 9.59 Å². The number of aromatic nitrogens is 1. The molecule has 0 aliphatic heterocycles. The maximum atomic E-state index is 12.3. The number of pyridine rings is 1. The first-order valence-corrected chi connectivity index (χ1v) is 8.74. The van der Waals surface area contributed by atoms with Crippen LogP contribution in [-0.4, -0.2) is 16.8 Å². The van der Waals surface area contributed by atoms with E-state index >= 15 is 0 Å². The molecule has 2 amide bonds. The number of carbonyl (C=O) groups excluding carboxylic acids is 2. The lowest BCUT2D eigenvalue weighted by Gasteiger charge is -2.08. The highest BCUT2D eigenvalue weighted by Crippen LogP contribution is 2.07. The molecule has 2 N–H and O–H groups in total. The molecule has 0 unspecified atom stereocenters. The van der Waals surface area contributed by atoms with Crippen LogP contribution in [0.3, 0.4) is 0 Å². The van der Waals surface area contributed by atoms with Gasteiger partial charge in [0.25, 0.3) is 11.8 Å². The molecule has 1 heterocycles. The Labute approximate surface area is 158 Å². The SMILES string of the molecule is Cc1ccc(CNC(=O)c2ccc(C(=O)NCc3ccccn3)cc2)cc1. The van der Waals surface area contributed by atoms with E-state index < -0.39 is 0 Å². The Kier molecular flexibility index (Phi) is 5.94. The molecule has 0 saturated carbocycles. The van der Waals surface area contributed by atoms with E-state index in [0.29, 0.717) is 24.2 Å². The second-order valence-corrected chi connectivity index (χ2v) is 6.25. The molecule has 0 spiro atoms. The molecule has 27 heavy (non-hydrogen) atoms. The van der Waals surface area contributed by atoms with Gasteiger partial charge in [0.2, 0.25) is 0 Å². The van der Waals surface area contributed by atoms with Crippen LogP contribution in [0.15, 0.2) is 72.9 Å². The Balaban J connectivity index is 1.53. The highest BCUT2D eigenvalue weighted by molar-refractivity contribution is 5.97. The van der Waals surface area contributed by atoms with E-state index in [2.05, 4.69) is 15.6 Å². The Morgan fingerprint density at radius 2 is 1.37 bits per heavy atom. The number of benzene rings is 2. The van der Waals surface area contributed by atoms with Gasteiger partial charge < -0.3 is 10.6 Å². The Hall–Kier alpha value is -3.47. The van der Waals surface area contributed by atoms with Crippen LogP contribution in [-0.2, 0) is 13.1 Å². The molecule has 136 valence electrons. The summed E-state index contributed by atoms with van der Waals surface area (Å²) in [5.41, 5.74) is 4.03. The zero-order valence-corrected chi connectivity index (χ0v) is 15.1. The smallest absolute Gasteiger partial charge is 0.251 e. The number of amides is 2. The fourth-order valence-corrected chi connectivity index (χ4v) is 2.54. The third kappa shape index (κ3) is 5.25. The van der Waals surface area contributed by atoms with E-state index in [0.717, 1.165) is 11.3 Å². The standard InChI is InChI=1S/C22H21N3O2/c1-16-5-7-17(8-6-16)14-24-21(26)18-9-11-19(12-10-18)22(27)25-15-20-4-2-3-13-23-20/h2-13H,14-15H2,1H3,(H,24,26)(H,25,27). The summed E-state index contributed by atoms with van der Waals surface area (Å²) in [6.07, 6.45) is 1.69. The highest BCUT2D eigenvalue weighted by atomic mass is 16.2. The van der Waals surface area contributed by atoms with Gasteiger partial charge in [-0.2, -0.15) is 0 Å². The lowest BCUT2D eigenvalue weighted by atomic mass is 10.1. The molecule has 0 atom stereocenters. The molecule has 1 aromatic heterocycles. The maximum absolute atomic E-state index is 12.3. The van der Waals surface area contributed by atoms with Crippen LogP contribution in [0.1, 0.15) is 37.5 Å². The summed E-state index contributed by atoms with van der Waals surface area (Å²) in [7, 11) is 0. The molecule has 3 aromatic rings. The van der Waals surface area contributed by atoms with Crippen molar-refractivity contribution in [1.82, 2.24) is 15.6 Å². The van der Waals surface area contributed by atoms with Crippen LogP contribution < -0.4 is 10.6 Å². The number of hydrogen-bond acceptors (Lipinski definition) is 3. The first-order valence-electron chi connectivity index (χ1n) is 8.74. The van der Waals surface area contributed by atoms with E-state index in [1.807, 2.05) is 49.4 Å². The van der Waals surface area contributed by atoms with Crippen molar-refractivity contribution in [3.05, 3.63) is 101 Å². The highest BCUT2D eigenvalue weighted by Gasteiger charge is 2.09. The first kappa shape index (κ1) is 18.3. The van der Waals surface area contributed by atoms with Crippen LogP contribution in [0, 0.1) is 6.92 Å². The summed E-state index contributed by atoms with van der Waals surface area (Å²) in [6, 6.07) is 20.2. The van der Waals surface area contributed by atoms with Crippen molar-refractivity contribution in [3.8, 4) is 0 Å². The van der Waals surface area contributed by atoms with Gasteiger partial charge in [-0.1, -0.05) is 35.9 Å². The third-order valence-corrected chi connectivity index (χ3v) is 4.14. The molecule has 0 bridgehead atoms. The van der Waals surface area contributed by atoms with E-state index in [1.54, 1.807) is 30.5 Å². The van der Waals surface area contributed by atoms with Crippen LogP contribution in [0.5, 0.6) is 0 Å². The molecule has 0 fully saturated rings. The van der Waals surface area contributed by atoms with Crippen molar-refractivity contribution in [3.63, 3.8) is 0 Å². The molecule has 2 aromatic carbocycles. The summed E-state index contributed by atoms with van der Waals surface area (Å²) in [4.78, 5) is 28.6. The number of nitrogens with one attached hydrogen (secondary N) is 2. The average molecular weight is 359 g/mol. The molecule has 0 aliphatic carbocycles. The third-order valence-electron chi connectivity index (χ3n) is 4.14. The van der Waals surface area contributed by atoms with Crippen LogP contribution in [0.2, 0.25) is 0 Å². The number of rotatable bonds is 6. The number of nitrogens with zero attached hydrogens (tertiary/aromatic N) is 1. The molecular formula is C22H21N3O2. The van der Waals surface area contributed by atoms with Gasteiger partial charge in [-0.15, -0.1) is 0 Å². The Bertz CT molecular complexity index is 905. The van der Waals surface area contributed by atoms with E-state index in [4.69, 9.17) is 0 Å². The van der Waals surface area contributed by atoms with E-state index in [-0.39, 0.29) is 11.8 Å². The summed E-state index contributed by atoms with van der Waals surface area (Å²) in [5.74, 6) is -0.372. The van der Waals surface area contributed by atoms with Crippen LogP contribution >= 0.6 is 0 Å². The predicted octanol–water partition coefficient (Wildman–Crippen LogP) is 3.25. The molecule has 5 heteroatoms. The summed E-state index contributed by atoms with van der Waals surface area (Å²) >= 11 is 0. The summed E-state index contributed by atoms with van der Waals surface area (Å²) in [6.45, 7) is 2.85. The minimum atomic E-state index is -0.202. The topological polar surface area (TPSA) is 71.1 Å². The second kappa shape index (κ2) is 8.76. The lowest BCUT2D eigenvalue weighted by Crippen LogP contribution is -2.24. The quantitative estimate of drug-likeness (QED) is 0.710. The van der Waals surface area contributed by atoms with Gasteiger partial charge in [-0.3, -0.25) is 14.6 Å². The minimum absolute atomic E-state index is 0.170. The first-order chi connectivity index (χ1) is 13.1. The van der Waals surface area contributed by atoms with E-state index in [1.165, 1.54) is 5.56 Å². The van der Waals surface area contributed by atoms with Crippen molar-refractivity contribution >= 4 is 11.8 Å². The fraction of sp³-hybridized carbons (Fsp3) is 0.136. The molecule has 0 radical (unpaired) electrons. The number of carbonyl (C=O) groups is 2. The summed E-state index contributed by atoms with van der Waals surface area (Å²) in [5, 5.41) is 5.70. The van der Waals surface area contributed by atoms with Crippen LogP contribution in [0.4, 0.5) is 0 Å². The van der Waals surface area contributed by atoms with Gasteiger partial charge in [-0.25, -0.2) is 0 Å². The van der Waals surface area contributed by atoms with Crippen molar-refractivity contribution in [1.29, 1.82) is 0 Å². The van der Waals surface area contributed by atoms with Crippen molar-refractivity contribution in [2.24, 2.45) is 0 Å². The molecule has 0 aliphatic rings. The number of hydrogen-bond donors (Lipinski definition) is 2. The normalized spacial score (nSPS) is 10.3. The van der Waals surface area contributed by atoms with Crippen LogP contribution in [0.25, 0.3) is 0 Å². The zero-order valence-electron chi connectivity index (χ0n) is 15.1. The van der Waals surface area contributed by atoms with Gasteiger partial charge in [0, 0.05) is 23.9 Å². The average Bonchev–Trinajstić information content (AvgIpc) is 2.72. The van der Waals surface area contributed by atoms with Gasteiger partial charge in [0.15, 0.2) is 0 Å². The lowest BCUT2D eigenvalue weighted by molar-refractivity contribution is 0.0939. The van der Waals surface area contributed by atoms with Crippen molar-refractivity contribution in [2.75, 3.05) is 0 Å². The fourth-order valence-electron chi connectivity index (χ4n) is 2.54. The monoisotopic (exact) mass is 359 g/mol. The van der Waals surface area contributed by atoms with Crippen molar-refractivity contribution in [2.45, 2.75) is 20.0 Å². The molecule has 3 rings (SSSR count). The maximum Gasteiger partial charge on any atom is 0.251 e. The van der Waals surface area contributed by atoms with Gasteiger partial charge >= 0.3 is 0 Å². The van der Waals surface area contributed by atoms with E-state index in [9.17, 15) is 9.59 Å².